The Labute approximate surface area is 195 Å². The van der Waals surface area contributed by atoms with Crippen molar-refractivity contribution in [2.75, 3.05) is 52.9 Å². The second kappa shape index (κ2) is 13.1. The lowest BCUT2D eigenvalue weighted by molar-refractivity contribution is 0.0639. The predicted molar refractivity (Wildman–Crippen MR) is 125 cm³/mol. The summed E-state index contributed by atoms with van der Waals surface area (Å²) in [6, 6.07) is 11.2. The molecule has 0 amide bonds. The highest BCUT2D eigenvalue weighted by atomic mass is 16.6. The van der Waals surface area contributed by atoms with Crippen molar-refractivity contribution in [2.45, 2.75) is 33.1 Å². The molecule has 0 aliphatic carbocycles. The van der Waals surface area contributed by atoms with E-state index in [2.05, 4.69) is 19.9 Å². The first-order valence-electron chi connectivity index (χ1n) is 11.5. The van der Waals surface area contributed by atoms with Gasteiger partial charge in [-0.1, -0.05) is 19.9 Å². The van der Waals surface area contributed by atoms with E-state index < -0.39 is 0 Å². The number of ketones is 1. The van der Waals surface area contributed by atoms with Crippen LogP contribution < -0.4 is 18.9 Å². The van der Waals surface area contributed by atoms with Gasteiger partial charge in [0.05, 0.1) is 26.4 Å². The van der Waals surface area contributed by atoms with Crippen LogP contribution in [0.5, 0.6) is 23.0 Å². The largest absolute Gasteiger partial charge is 0.487 e. The fourth-order valence-electron chi connectivity index (χ4n) is 3.30. The number of hydrogen-bond donors (Lipinski definition) is 0. The molecule has 33 heavy (non-hydrogen) atoms. The maximum Gasteiger partial charge on any atom is 0.162 e. The fraction of sp³-hybridized carbons (Fsp3) is 0.500. The third kappa shape index (κ3) is 7.65. The van der Waals surface area contributed by atoms with Crippen LogP contribution in [0.1, 0.15) is 49.0 Å². The highest BCUT2D eigenvalue weighted by Gasteiger charge is 2.12. The predicted octanol–water partition coefficient (Wildman–Crippen LogP) is 4.66. The lowest BCUT2D eigenvalue weighted by Crippen LogP contribution is -2.15. The summed E-state index contributed by atoms with van der Waals surface area (Å²) in [5, 5.41) is 0. The van der Waals surface area contributed by atoms with Crippen molar-refractivity contribution >= 4 is 5.78 Å². The minimum Gasteiger partial charge on any atom is -0.487 e. The summed E-state index contributed by atoms with van der Waals surface area (Å²) in [6.45, 7) is 8.97. The highest BCUT2D eigenvalue weighted by molar-refractivity contribution is 5.94. The van der Waals surface area contributed by atoms with E-state index in [1.165, 1.54) is 12.5 Å². The van der Waals surface area contributed by atoms with Crippen molar-refractivity contribution in [3.63, 3.8) is 0 Å². The molecule has 7 heteroatoms. The molecular formula is C26H34O7. The van der Waals surface area contributed by atoms with E-state index in [4.69, 9.17) is 28.4 Å². The van der Waals surface area contributed by atoms with Gasteiger partial charge in [-0.3, -0.25) is 4.79 Å². The second-order valence-corrected chi connectivity index (χ2v) is 7.85. The molecule has 1 heterocycles. The Kier molecular flexibility index (Phi) is 9.84. The number of carbonyl (C=O) groups excluding carboxylic acids is 1. The third-order valence-corrected chi connectivity index (χ3v) is 5.44. The molecule has 0 bridgehead atoms. The molecule has 0 spiro atoms. The van der Waals surface area contributed by atoms with Gasteiger partial charge in [0.15, 0.2) is 28.8 Å². The van der Waals surface area contributed by atoms with Crippen LogP contribution in [0.3, 0.4) is 0 Å². The van der Waals surface area contributed by atoms with Gasteiger partial charge in [-0.05, 0) is 55.2 Å². The molecule has 1 atom stereocenters. The summed E-state index contributed by atoms with van der Waals surface area (Å²) in [4.78, 5) is 11.7. The molecule has 0 fully saturated rings. The Hall–Kier alpha value is -2.77. The van der Waals surface area contributed by atoms with E-state index in [0.29, 0.717) is 87.3 Å². The minimum atomic E-state index is -0.0332. The zero-order valence-electron chi connectivity index (χ0n) is 19.8. The van der Waals surface area contributed by atoms with Gasteiger partial charge in [0.1, 0.15) is 26.4 Å². The van der Waals surface area contributed by atoms with Crippen molar-refractivity contribution in [2.24, 2.45) is 0 Å². The summed E-state index contributed by atoms with van der Waals surface area (Å²) in [7, 11) is 0. The number of ether oxygens (including phenoxy) is 6. The van der Waals surface area contributed by atoms with E-state index in [1.807, 2.05) is 12.1 Å². The topological polar surface area (TPSA) is 72.5 Å². The van der Waals surface area contributed by atoms with E-state index in [-0.39, 0.29) is 5.78 Å². The molecule has 0 saturated carbocycles. The standard InChI is InChI=1S/C26H34O7/c1-4-19(2)21-5-7-23-25(17-21)32-15-11-28-10-14-31-24-8-6-22(20(3)27)18-26(24)33-16-12-29-9-13-30-23/h5-8,17-19H,4,9-16H2,1-3H3. The molecular weight excluding hydrogens is 424 g/mol. The minimum absolute atomic E-state index is 0.0332. The van der Waals surface area contributed by atoms with E-state index >= 15 is 0 Å². The number of fused-ring (bicyclic) bond motifs is 2. The van der Waals surface area contributed by atoms with Gasteiger partial charge in [0, 0.05) is 5.56 Å². The molecule has 2 aromatic rings. The van der Waals surface area contributed by atoms with Crippen molar-refractivity contribution in [1.82, 2.24) is 0 Å². The van der Waals surface area contributed by atoms with Gasteiger partial charge in [0.25, 0.3) is 0 Å². The molecule has 3 rings (SSSR count). The monoisotopic (exact) mass is 458 g/mol. The Balaban J connectivity index is 1.64. The van der Waals surface area contributed by atoms with Crippen molar-refractivity contribution in [3.05, 3.63) is 47.5 Å². The van der Waals surface area contributed by atoms with Crippen LogP contribution in [-0.2, 0) is 9.47 Å². The molecule has 1 aliphatic rings. The van der Waals surface area contributed by atoms with Crippen molar-refractivity contribution in [3.8, 4) is 23.0 Å². The SMILES string of the molecule is CCC(C)c1ccc2c(c1)OCCOCCOc1ccc(C(C)=O)cc1OCCOCCO2. The van der Waals surface area contributed by atoms with Crippen molar-refractivity contribution < 1.29 is 33.2 Å². The molecule has 180 valence electrons. The van der Waals surface area contributed by atoms with Gasteiger partial charge >= 0.3 is 0 Å². The maximum absolute atomic E-state index is 11.7. The summed E-state index contributed by atoms with van der Waals surface area (Å²) in [6.07, 6.45) is 1.05. The zero-order valence-corrected chi connectivity index (χ0v) is 19.8. The van der Waals surface area contributed by atoms with E-state index in [9.17, 15) is 4.79 Å². The molecule has 0 aromatic heterocycles. The second-order valence-electron chi connectivity index (χ2n) is 7.85. The van der Waals surface area contributed by atoms with Crippen LogP contribution in [0.2, 0.25) is 0 Å². The van der Waals surface area contributed by atoms with Gasteiger partial charge in [-0.15, -0.1) is 0 Å². The zero-order chi connectivity index (χ0) is 23.5. The Morgan fingerprint density at radius 1 is 0.727 bits per heavy atom. The molecule has 7 nitrogen and oxygen atoms in total. The van der Waals surface area contributed by atoms with Crippen molar-refractivity contribution in [1.29, 1.82) is 0 Å². The first kappa shape index (κ1) is 24.9. The smallest absolute Gasteiger partial charge is 0.162 e. The summed E-state index contributed by atoms with van der Waals surface area (Å²) >= 11 is 0. The number of rotatable bonds is 3. The van der Waals surface area contributed by atoms with Crippen LogP contribution in [-0.4, -0.2) is 58.6 Å². The fourth-order valence-corrected chi connectivity index (χ4v) is 3.30. The Bertz CT molecular complexity index is 896. The normalized spacial score (nSPS) is 16.8. The quantitative estimate of drug-likeness (QED) is 0.619. The Morgan fingerprint density at radius 2 is 1.21 bits per heavy atom. The maximum atomic E-state index is 11.7. The average Bonchev–Trinajstić information content (AvgIpc) is 2.82. The van der Waals surface area contributed by atoms with E-state index in [0.717, 1.165) is 6.42 Å². The lowest BCUT2D eigenvalue weighted by Gasteiger charge is -2.17. The number of Topliss-reactive ketones (excluding diaryl/α,β-unsaturated/α-hetero) is 1. The van der Waals surface area contributed by atoms with Crippen LogP contribution in [0.4, 0.5) is 0 Å². The first-order chi connectivity index (χ1) is 16.1. The first-order valence-corrected chi connectivity index (χ1v) is 11.5. The molecule has 2 aromatic carbocycles. The molecule has 1 aliphatic heterocycles. The summed E-state index contributed by atoms with van der Waals surface area (Å²) in [5.41, 5.74) is 1.79. The number of hydrogen-bond acceptors (Lipinski definition) is 7. The molecule has 1 unspecified atom stereocenters. The van der Waals surface area contributed by atoms with Crippen LogP contribution in [0, 0.1) is 0 Å². The number of carbonyl (C=O) groups is 1. The summed E-state index contributed by atoms with van der Waals surface area (Å²) in [5.74, 6) is 2.89. The Morgan fingerprint density at radius 3 is 1.73 bits per heavy atom. The highest BCUT2D eigenvalue weighted by Crippen LogP contribution is 2.32. The number of benzene rings is 2. The van der Waals surface area contributed by atoms with Gasteiger partial charge in [0.2, 0.25) is 0 Å². The van der Waals surface area contributed by atoms with Crippen LogP contribution >= 0.6 is 0 Å². The molecule has 0 radical (unpaired) electrons. The molecule has 0 N–H and O–H groups in total. The van der Waals surface area contributed by atoms with Gasteiger partial charge in [-0.2, -0.15) is 0 Å². The van der Waals surface area contributed by atoms with Crippen LogP contribution in [0.25, 0.3) is 0 Å². The van der Waals surface area contributed by atoms with Gasteiger partial charge in [-0.25, -0.2) is 0 Å². The van der Waals surface area contributed by atoms with Crippen LogP contribution in [0.15, 0.2) is 36.4 Å². The summed E-state index contributed by atoms with van der Waals surface area (Å²) < 4.78 is 34.8. The average molecular weight is 459 g/mol. The third-order valence-electron chi connectivity index (χ3n) is 5.44. The van der Waals surface area contributed by atoms with Gasteiger partial charge < -0.3 is 28.4 Å². The molecule has 0 saturated heterocycles. The lowest BCUT2D eigenvalue weighted by atomic mass is 9.98. The van der Waals surface area contributed by atoms with E-state index in [1.54, 1.807) is 18.2 Å².